The minimum Gasteiger partial charge on any atom is -0.265 e. The van der Waals surface area contributed by atoms with Crippen LogP contribution < -0.4 is 0 Å². The predicted molar refractivity (Wildman–Crippen MR) is 22.1 cm³/mol. The van der Waals surface area contributed by atoms with Gasteiger partial charge in [-0.05, 0) is 0 Å². The van der Waals surface area contributed by atoms with Crippen molar-refractivity contribution in [1.29, 1.82) is 0 Å². The van der Waals surface area contributed by atoms with Crippen LogP contribution in [0.4, 0.5) is 4.39 Å². The average molecular weight is 106 g/mol. The molecule has 3 nitrogen and oxygen atoms in total. The molecule has 0 spiro atoms. The number of rotatable bonds is 3. The largest absolute Gasteiger partial charge is 0.265 e. The molecule has 0 N–H and O–H groups in total. The Kier molecular flexibility index (Phi) is 3.18. The summed E-state index contributed by atoms with van der Waals surface area (Å²) in [4.78, 5) is 8.78. The number of nitro groups is 1. The molecule has 0 unspecified atom stereocenters. The molecule has 7 heavy (non-hydrogen) atoms. The summed E-state index contributed by atoms with van der Waals surface area (Å²) >= 11 is 0. The first-order valence-corrected chi connectivity index (χ1v) is 1.77. The minimum absolute atomic E-state index is 0.378. The highest BCUT2D eigenvalue weighted by molar-refractivity contribution is 4.57. The third-order valence-electron chi connectivity index (χ3n) is 0.387. The molecule has 0 aliphatic rings. The second kappa shape index (κ2) is 3.52. The van der Waals surface area contributed by atoms with Gasteiger partial charge in [0.1, 0.15) is 0 Å². The topological polar surface area (TPSA) is 43.1 Å². The fourth-order valence-corrected chi connectivity index (χ4v) is 0.154. The van der Waals surface area contributed by atoms with E-state index in [0.29, 0.717) is 0 Å². The van der Waals surface area contributed by atoms with Crippen LogP contribution >= 0.6 is 0 Å². The first kappa shape index (κ1) is 6.33. The van der Waals surface area contributed by atoms with Crippen molar-refractivity contribution in [2.75, 3.05) is 13.2 Å². The molecule has 0 aromatic heterocycles. The first-order chi connectivity index (χ1) is 3.27. The number of halogens is 1. The molecule has 0 aromatic carbocycles. The summed E-state index contributed by atoms with van der Waals surface area (Å²) < 4.78 is 11.0. The summed E-state index contributed by atoms with van der Waals surface area (Å²) in [5, 5.41) is 9.37. The summed E-state index contributed by atoms with van der Waals surface area (Å²) in [5.41, 5.74) is 0. The maximum Gasteiger partial charge on any atom is 0.209 e. The minimum atomic E-state index is -0.721. The quantitative estimate of drug-likeness (QED) is 0.387. The van der Waals surface area contributed by atoms with E-state index < -0.39 is 11.6 Å². The molecule has 0 heterocycles. The second-order valence-electron chi connectivity index (χ2n) is 0.958. The first-order valence-electron chi connectivity index (χ1n) is 1.77. The number of hydrogen-bond acceptors (Lipinski definition) is 2. The van der Waals surface area contributed by atoms with Crippen LogP contribution in [0.25, 0.3) is 0 Å². The lowest BCUT2D eigenvalue weighted by atomic mass is 10.5. The van der Waals surface area contributed by atoms with Crippen LogP contribution in [0.2, 0.25) is 0 Å². The Bertz CT molecular complexity index is 66.0. The normalized spacial score (nSPS) is 8.71. The monoisotopic (exact) mass is 106 g/mol. The molecular formula is C3H5FNO2. The fraction of sp³-hybridized carbons (Fsp3) is 0.667. The molecule has 0 rings (SSSR count). The van der Waals surface area contributed by atoms with Gasteiger partial charge >= 0.3 is 0 Å². The molecule has 0 atom stereocenters. The van der Waals surface area contributed by atoms with Crippen molar-refractivity contribution in [2.24, 2.45) is 0 Å². The van der Waals surface area contributed by atoms with Crippen LogP contribution in [0.5, 0.6) is 0 Å². The van der Waals surface area contributed by atoms with Crippen LogP contribution in [-0.4, -0.2) is 18.1 Å². The molecular weight excluding hydrogens is 101 g/mol. The highest BCUT2D eigenvalue weighted by Gasteiger charge is 1.92. The molecule has 0 fully saturated rings. The van der Waals surface area contributed by atoms with Crippen LogP contribution in [0.3, 0.4) is 0 Å². The maximum absolute atomic E-state index is 11.0. The van der Waals surface area contributed by atoms with Gasteiger partial charge in [0.15, 0.2) is 0 Å². The average Bonchev–Trinajstić information content (AvgIpc) is 1.61. The predicted octanol–water partition coefficient (Wildman–Crippen LogP) is 0.437. The van der Waals surface area contributed by atoms with Crippen molar-refractivity contribution in [2.45, 2.75) is 0 Å². The third-order valence-corrected chi connectivity index (χ3v) is 0.387. The zero-order valence-corrected chi connectivity index (χ0v) is 3.63. The Labute approximate surface area is 40.3 Å². The lowest BCUT2D eigenvalue weighted by Gasteiger charge is -1.82. The van der Waals surface area contributed by atoms with Crippen molar-refractivity contribution < 1.29 is 9.31 Å². The van der Waals surface area contributed by atoms with Crippen molar-refractivity contribution in [1.82, 2.24) is 0 Å². The molecule has 0 bridgehead atoms. The Morgan fingerprint density at radius 1 is 1.86 bits per heavy atom. The van der Waals surface area contributed by atoms with E-state index in [9.17, 15) is 14.5 Å². The van der Waals surface area contributed by atoms with Gasteiger partial charge in [0.05, 0.1) is 13.1 Å². The van der Waals surface area contributed by atoms with Gasteiger partial charge in [-0.15, -0.1) is 0 Å². The van der Waals surface area contributed by atoms with E-state index >= 15 is 0 Å². The molecule has 1 radical (unpaired) electrons. The lowest BCUT2D eigenvalue weighted by Crippen LogP contribution is -2.01. The Balaban J connectivity index is 2.82. The second-order valence-corrected chi connectivity index (χ2v) is 0.958. The highest BCUT2D eigenvalue weighted by atomic mass is 19.1. The Hall–Kier alpha value is -0.670. The van der Waals surface area contributed by atoms with E-state index in [0.717, 1.165) is 6.42 Å². The highest BCUT2D eigenvalue weighted by Crippen LogP contribution is 1.77. The maximum atomic E-state index is 11.0. The number of nitrogens with zero attached hydrogens (tertiary/aromatic N) is 1. The van der Waals surface area contributed by atoms with Gasteiger partial charge in [-0.3, -0.25) is 14.5 Å². The van der Waals surface area contributed by atoms with E-state index in [1.807, 2.05) is 0 Å². The number of alkyl halides is 1. The van der Waals surface area contributed by atoms with Crippen molar-refractivity contribution in [3.05, 3.63) is 16.5 Å². The molecule has 0 saturated heterocycles. The van der Waals surface area contributed by atoms with E-state index in [-0.39, 0.29) is 6.54 Å². The summed E-state index contributed by atoms with van der Waals surface area (Å²) in [6, 6.07) is 0. The van der Waals surface area contributed by atoms with Gasteiger partial charge in [-0.2, -0.15) is 0 Å². The van der Waals surface area contributed by atoms with Crippen LogP contribution in [-0.2, 0) is 0 Å². The molecule has 0 aliphatic heterocycles. The van der Waals surface area contributed by atoms with E-state index in [2.05, 4.69) is 0 Å². The van der Waals surface area contributed by atoms with Crippen molar-refractivity contribution >= 4 is 0 Å². The van der Waals surface area contributed by atoms with Crippen LogP contribution in [0, 0.1) is 16.5 Å². The van der Waals surface area contributed by atoms with Crippen LogP contribution in [0.1, 0.15) is 0 Å². The van der Waals surface area contributed by atoms with Gasteiger partial charge in [-0.1, -0.05) is 0 Å². The lowest BCUT2D eigenvalue weighted by molar-refractivity contribution is -0.472. The summed E-state index contributed by atoms with van der Waals surface area (Å²) in [6.07, 6.45) is 0.958. The van der Waals surface area contributed by atoms with E-state index in [4.69, 9.17) is 0 Å². The zero-order valence-electron chi connectivity index (χ0n) is 3.63. The SMILES string of the molecule is O=[N+]([O-])C[CH]CF. The molecule has 41 valence electrons. The Morgan fingerprint density at radius 3 is 2.57 bits per heavy atom. The van der Waals surface area contributed by atoms with Crippen molar-refractivity contribution in [3.63, 3.8) is 0 Å². The zero-order chi connectivity index (χ0) is 5.70. The third kappa shape index (κ3) is 5.33. The molecule has 0 saturated carbocycles. The molecule has 0 aromatic rings. The standard InChI is InChI=1S/C3H5FNO2/c4-2-1-3-5(6)7/h1H,2-3H2. The van der Waals surface area contributed by atoms with Gasteiger partial charge in [-0.25, -0.2) is 0 Å². The summed E-state index contributed by atoms with van der Waals surface area (Å²) in [5.74, 6) is 0. The summed E-state index contributed by atoms with van der Waals surface area (Å²) in [7, 11) is 0. The van der Waals surface area contributed by atoms with Gasteiger partial charge in [0.2, 0.25) is 6.54 Å². The molecule has 0 amide bonds. The van der Waals surface area contributed by atoms with Gasteiger partial charge in [0, 0.05) is 4.92 Å². The number of hydrogen-bond donors (Lipinski definition) is 0. The molecule has 0 aliphatic carbocycles. The van der Waals surface area contributed by atoms with Crippen LogP contribution in [0.15, 0.2) is 0 Å². The smallest absolute Gasteiger partial charge is 0.209 e. The summed E-state index contributed by atoms with van der Waals surface area (Å²) in [6.45, 7) is -1.10. The van der Waals surface area contributed by atoms with E-state index in [1.165, 1.54) is 0 Å². The van der Waals surface area contributed by atoms with Gasteiger partial charge < -0.3 is 0 Å². The van der Waals surface area contributed by atoms with E-state index in [1.54, 1.807) is 0 Å². The van der Waals surface area contributed by atoms with Crippen molar-refractivity contribution in [3.8, 4) is 0 Å². The Morgan fingerprint density at radius 2 is 2.43 bits per heavy atom. The fourth-order valence-electron chi connectivity index (χ4n) is 0.154. The molecule has 4 heteroatoms. The van der Waals surface area contributed by atoms with Gasteiger partial charge in [0.25, 0.3) is 0 Å².